The average Bonchev–Trinajstić information content (AvgIpc) is 1.70. The normalized spacial score (nSPS) is 11.9. The van der Waals surface area contributed by atoms with Gasteiger partial charge in [-0.05, 0) is 332 Å². The third kappa shape index (κ3) is 17.5. The predicted molar refractivity (Wildman–Crippen MR) is 624 cm³/mol. The molecule has 0 atom stereocenters. The topological polar surface area (TPSA) is 49.1 Å². The molecule has 0 radical (unpaired) electrons. The van der Waals surface area contributed by atoms with E-state index >= 15 is 0 Å². The second kappa shape index (κ2) is 39.0. The van der Waals surface area contributed by atoms with Gasteiger partial charge in [0.1, 0.15) is 33.5 Å². The Morgan fingerprint density at radius 3 is 0.966 bits per heavy atom. The summed E-state index contributed by atoms with van der Waals surface area (Å²) >= 11 is 0. The van der Waals surface area contributed by atoms with Gasteiger partial charge in [0.15, 0.2) is 0 Å². The van der Waals surface area contributed by atoms with Gasteiger partial charge in [-0.3, -0.25) is 0 Å². The van der Waals surface area contributed by atoms with Crippen molar-refractivity contribution < 1.29 is 20.1 Å². The summed E-state index contributed by atoms with van der Waals surface area (Å²) < 4.78 is 61.0. The lowest BCUT2D eigenvalue weighted by Gasteiger charge is -2.26. The summed E-state index contributed by atoms with van der Waals surface area (Å²) in [7, 11) is 0. The van der Waals surface area contributed by atoms with E-state index in [9.17, 15) is 0 Å². The molecule has 0 amide bonds. The molecule has 0 aliphatic carbocycles. The second-order valence-corrected chi connectivity index (χ2v) is 37.4. The first-order valence-electron chi connectivity index (χ1n) is 52.5. The number of rotatable bonds is 18. The van der Waals surface area contributed by atoms with Crippen LogP contribution in [0.4, 0.5) is 51.2 Å². The highest BCUT2D eigenvalue weighted by atomic mass is 16.3. The van der Waals surface area contributed by atoms with Crippen LogP contribution in [0.1, 0.15) is 6.85 Å². The van der Waals surface area contributed by atoms with Gasteiger partial charge in [0.05, 0.1) is 6.85 Å². The first-order chi connectivity index (χ1) is 75.4. The van der Waals surface area contributed by atoms with Gasteiger partial charge in [-0.15, -0.1) is 0 Å². The molecule has 0 aliphatic heterocycles. The van der Waals surface area contributed by atoms with Crippen molar-refractivity contribution in [2.45, 2.75) is 0 Å². The Morgan fingerprint density at radius 1 is 0.135 bits per heavy atom. The summed E-state index contributed by atoms with van der Waals surface area (Å²) in [5, 5.41) is 15.9. The molecule has 25 aromatic carbocycles. The molecule has 696 valence electrons. The first kappa shape index (κ1) is 83.0. The number of anilines is 9. The maximum atomic E-state index is 8.68. The number of furan rings is 3. The highest BCUT2D eigenvalue weighted by molar-refractivity contribution is 6.13. The summed E-state index contributed by atoms with van der Waals surface area (Å²) in [4.78, 5) is 6.44. The second-order valence-electron chi connectivity index (χ2n) is 37.4. The van der Waals surface area contributed by atoms with Gasteiger partial charge in [-0.25, -0.2) is 0 Å². The van der Waals surface area contributed by atoms with E-state index in [2.05, 4.69) is 465 Å². The van der Waals surface area contributed by atoms with E-state index in [0.717, 1.165) is 155 Å². The minimum absolute atomic E-state index is 0.106. The van der Waals surface area contributed by atoms with Crippen LogP contribution in [0.3, 0.4) is 0 Å². The van der Waals surface area contributed by atoms with Crippen molar-refractivity contribution in [2.24, 2.45) is 0 Å². The van der Waals surface area contributed by atoms with Crippen molar-refractivity contribution >= 4 is 160 Å². The molecule has 0 bridgehead atoms. The van der Waals surface area contributed by atoms with Crippen LogP contribution < -0.4 is 14.7 Å². The van der Waals surface area contributed by atoms with Crippen LogP contribution in [0, 0.1) is 0 Å². The van der Waals surface area contributed by atoms with Gasteiger partial charge >= 0.3 is 0 Å². The molecule has 148 heavy (non-hydrogen) atoms. The van der Waals surface area contributed by atoms with Gasteiger partial charge in [-0.2, -0.15) is 0 Å². The molecule has 0 saturated heterocycles. The molecule has 0 N–H and O–H groups in total. The van der Waals surface area contributed by atoms with Crippen LogP contribution in [-0.4, -0.2) is 0 Å². The molecule has 28 rings (SSSR count). The van der Waals surface area contributed by atoms with E-state index in [1.165, 1.54) is 88.0 Å². The number of fused-ring (bicyclic) bond motifs is 13. The van der Waals surface area contributed by atoms with Crippen LogP contribution in [0.15, 0.2) is 589 Å². The zero-order chi connectivity index (χ0) is 103. The zero-order valence-electron chi connectivity index (χ0n) is 85.5. The molecule has 0 fully saturated rings. The number of hydrogen-bond acceptors (Lipinski definition) is 6. The van der Waals surface area contributed by atoms with Crippen molar-refractivity contribution in [3.8, 4) is 100 Å². The summed E-state index contributed by atoms with van der Waals surface area (Å²) in [6.45, 7) is 0. The lowest BCUT2D eigenvalue weighted by Crippen LogP contribution is -2.10. The van der Waals surface area contributed by atoms with Crippen molar-refractivity contribution in [3.63, 3.8) is 0 Å². The van der Waals surface area contributed by atoms with E-state index in [1.54, 1.807) is 4.90 Å². The Balaban J connectivity index is 0.000000115. The Kier molecular flexibility index (Phi) is 21.9. The van der Waals surface area contributed by atoms with Gasteiger partial charge in [0, 0.05) is 89.1 Å². The fourth-order valence-electron chi connectivity index (χ4n) is 21.0. The van der Waals surface area contributed by atoms with Crippen molar-refractivity contribution in [3.05, 3.63) is 576 Å². The van der Waals surface area contributed by atoms with E-state index in [-0.39, 0.29) is 29.9 Å². The molecule has 28 aromatic rings. The third-order valence-corrected chi connectivity index (χ3v) is 28.4. The van der Waals surface area contributed by atoms with E-state index in [4.69, 9.17) is 20.1 Å². The standard InChI is InChI=1S/C52H35NO.C50H33NO.C40H27NO/c1-4-13-36(14-5-1)38-25-28-45(29-26-38)53(46-20-12-19-40(32-46)37-15-6-2-7-16-37)47-30-27-41-31-42(23-24-43(41)33-47)44-34-49(39-17-8-3-9-18-39)52-50(35-44)48-21-10-11-22-51(48)54-52;1-3-11-34(12-4-1)40-24-27-47-48-32-39(25-28-49(48)52-50(47)33-40)36-21-22-38-30-44(26-23-37(38)29-36)51(42-16-5-2-6-17-42)43-18-9-15-41(31-43)46-20-10-14-35-13-7-8-19-45(35)46;1-4-10-28(11-5-1)32-19-22-39-37(26-32)38-27-33(20-23-40(38)42-39)29-16-17-31-25-36(21-18-30(31)24-29)41(34-12-6-2-7-13-34)35-14-8-3-9-15-35/h1-35H;1-33H;1-27H/i;;2D,6D,7D,12D,13D. The molecular formula is C142H95N3O3. The number of hydrogen-bond donors (Lipinski definition) is 0. The summed E-state index contributed by atoms with van der Waals surface area (Å²) in [6, 6.07) is 190. The van der Waals surface area contributed by atoms with E-state index in [1.807, 2.05) is 91.0 Å². The smallest absolute Gasteiger partial charge is 0.143 e. The summed E-state index contributed by atoms with van der Waals surface area (Å²) in [6.07, 6.45) is 0. The predicted octanol–water partition coefficient (Wildman–Crippen LogP) is 40.8. The Labute approximate surface area is 865 Å². The maximum absolute atomic E-state index is 8.68. The molecule has 3 aromatic heterocycles. The maximum Gasteiger partial charge on any atom is 0.143 e. The minimum atomic E-state index is -0.416. The number of benzene rings is 25. The van der Waals surface area contributed by atoms with Crippen molar-refractivity contribution in [2.75, 3.05) is 14.7 Å². The Hall–Kier alpha value is -19.7. The molecular weight excluding hydrogens is 1800 g/mol. The SMILES string of the molecule is [2H]c1c([2H])c([2H])c(N(c2ccccc2)c2ccc3cc(-c4ccc5oc6ccc(-c7ccccc7)cc6c5c4)ccc3c2)c([2H])c1[2H].c1ccc(-c2ccc(N(c3cccc(-c4ccccc4)c3)c3ccc4cc(-c5cc(-c6ccccc6)c6oc7ccccc7c6c5)ccc4c3)cc2)cc1.c1ccc(-c2ccc3c(c2)oc2ccc(-c4ccc5cc(N(c6ccccc6)c6cccc(-c7cccc8ccccc78)c6)ccc5c4)cc23)cc1. The highest BCUT2D eigenvalue weighted by Gasteiger charge is 2.23. The summed E-state index contributed by atoms with van der Waals surface area (Å²) in [5.41, 5.74) is 34.4. The van der Waals surface area contributed by atoms with E-state index in [0.29, 0.717) is 11.4 Å². The lowest BCUT2D eigenvalue weighted by atomic mass is 9.94. The van der Waals surface area contributed by atoms with Crippen molar-refractivity contribution in [1.82, 2.24) is 0 Å². The molecule has 0 unspecified atom stereocenters. The summed E-state index contributed by atoms with van der Waals surface area (Å²) in [5.74, 6) is 0. The van der Waals surface area contributed by atoms with Gasteiger partial charge in [0.25, 0.3) is 0 Å². The molecule has 0 saturated carbocycles. The van der Waals surface area contributed by atoms with Crippen LogP contribution in [-0.2, 0) is 0 Å². The number of nitrogens with zero attached hydrogens (tertiary/aromatic N) is 3. The van der Waals surface area contributed by atoms with Gasteiger partial charge < -0.3 is 28.0 Å². The molecule has 0 spiro atoms. The highest BCUT2D eigenvalue weighted by Crippen LogP contribution is 2.48. The molecule has 6 nitrogen and oxygen atoms in total. The van der Waals surface area contributed by atoms with Gasteiger partial charge in [0.2, 0.25) is 0 Å². The number of para-hydroxylation sites is 4. The zero-order valence-corrected chi connectivity index (χ0v) is 80.5. The van der Waals surface area contributed by atoms with Crippen molar-refractivity contribution in [1.29, 1.82) is 0 Å². The Bertz CT molecular complexity index is 10100. The Morgan fingerprint density at radius 2 is 0.439 bits per heavy atom. The van der Waals surface area contributed by atoms with Crippen LogP contribution in [0.2, 0.25) is 0 Å². The first-order valence-corrected chi connectivity index (χ1v) is 50.0. The fraction of sp³-hybridized carbons (Fsp3) is 0. The quantitative estimate of drug-likeness (QED) is 0.0853. The minimum Gasteiger partial charge on any atom is -0.456 e. The molecule has 0 aliphatic rings. The average molecular weight is 1900 g/mol. The van der Waals surface area contributed by atoms with Crippen LogP contribution in [0.5, 0.6) is 0 Å². The lowest BCUT2D eigenvalue weighted by molar-refractivity contribution is 0.668. The third-order valence-electron chi connectivity index (χ3n) is 28.4. The van der Waals surface area contributed by atoms with E-state index < -0.39 is 6.04 Å². The largest absolute Gasteiger partial charge is 0.456 e. The van der Waals surface area contributed by atoms with Crippen LogP contribution >= 0.6 is 0 Å². The van der Waals surface area contributed by atoms with Gasteiger partial charge in [-0.1, -0.05) is 382 Å². The van der Waals surface area contributed by atoms with Crippen LogP contribution in [0.25, 0.3) is 209 Å². The molecule has 3 heterocycles. The monoisotopic (exact) mass is 1890 g/mol. The fourth-order valence-corrected chi connectivity index (χ4v) is 21.0. The molecule has 6 heteroatoms.